The summed E-state index contributed by atoms with van der Waals surface area (Å²) in [5.74, 6) is 0.630. The van der Waals surface area contributed by atoms with Crippen molar-refractivity contribution in [2.75, 3.05) is 26.2 Å². The van der Waals surface area contributed by atoms with Crippen molar-refractivity contribution in [2.24, 2.45) is 10.4 Å². The van der Waals surface area contributed by atoms with Crippen molar-refractivity contribution in [1.82, 2.24) is 10.2 Å². The van der Waals surface area contributed by atoms with Crippen LogP contribution in [-0.2, 0) is 0 Å². The molecule has 0 saturated carbocycles. The fourth-order valence-corrected chi connectivity index (χ4v) is 2.07. The molecule has 0 amide bonds. The van der Waals surface area contributed by atoms with Crippen LogP contribution in [0.25, 0.3) is 0 Å². The topological polar surface area (TPSA) is 27.6 Å². The Balaban J connectivity index is 2.63. The fraction of sp³-hybridized carbons (Fsp3) is 0.917. The van der Waals surface area contributed by atoms with Gasteiger partial charge in [0.2, 0.25) is 0 Å². The molecule has 1 fully saturated rings. The number of aliphatic imine (C=N–C) groups is 1. The zero-order chi connectivity index (χ0) is 12.9. The van der Waals surface area contributed by atoms with E-state index in [2.05, 4.69) is 29.1 Å². The number of nitrogens with zero attached hydrogens (tertiary/aromatic N) is 2. The number of alkyl halides is 2. The van der Waals surface area contributed by atoms with Crippen molar-refractivity contribution in [3.63, 3.8) is 0 Å². The average molecular weight is 247 g/mol. The Hall–Kier alpha value is -0.870. The van der Waals surface area contributed by atoms with Gasteiger partial charge in [-0.3, -0.25) is 0 Å². The summed E-state index contributed by atoms with van der Waals surface area (Å²) in [6.45, 7) is 8.46. The first-order valence-corrected chi connectivity index (χ1v) is 6.32. The van der Waals surface area contributed by atoms with E-state index in [1.165, 1.54) is 0 Å². The molecule has 1 atom stereocenters. The Morgan fingerprint density at radius 1 is 1.47 bits per heavy atom. The van der Waals surface area contributed by atoms with Crippen LogP contribution in [0.5, 0.6) is 0 Å². The maximum absolute atomic E-state index is 12.2. The summed E-state index contributed by atoms with van der Waals surface area (Å²) in [6, 6.07) is 0. The molecule has 0 aromatic rings. The van der Waals surface area contributed by atoms with Crippen LogP contribution in [0.3, 0.4) is 0 Å². The molecule has 100 valence electrons. The summed E-state index contributed by atoms with van der Waals surface area (Å²) < 4.78 is 24.4. The first kappa shape index (κ1) is 14.2. The zero-order valence-electron chi connectivity index (χ0n) is 11.0. The largest absolute Gasteiger partial charge is 0.357 e. The third kappa shape index (κ3) is 4.13. The minimum Gasteiger partial charge on any atom is -0.357 e. The predicted molar refractivity (Wildman–Crippen MR) is 66.6 cm³/mol. The molecule has 1 rings (SSSR count). The quantitative estimate of drug-likeness (QED) is 0.610. The summed E-state index contributed by atoms with van der Waals surface area (Å²) in [6.07, 6.45) is -0.163. The van der Waals surface area contributed by atoms with Crippen LogP contribution in [0.4, 0.5) is 8.78 Å². The van der Waals surface area contributed by atoms with Gasteiger partial charge in [0.15, 0.2) is 5.96 Å². The first-order chi connectivity index (χ1) is 8.00. The van der Waals surface area contributed by atoms with Crippen LogP contribution in [0.1, 0.15) is 33.6 Å². The van der Waals surface area contributed by atoms with Gasteiger partial charge in [-0.25, -0.2) is 13.8 Å². The average Bonchev–Trinajstić information content (AvgIpc) is 2.68. The van der Waals surface area contributed by atoms with Gasteiger partial charge < -0.3 is 10.2 Å². The van der Waals surface area contributed by atoms with Crippen molar-refractivity contribution in [2.45, 2.75) is 40.0 Å². The Morgan fingerprint density at radius 3 is 2.65 bits per heavy atom. The molecule has 1 heterocycles. The Labute approximate surface area is 102 Å². The third-order valence-electron chi connectivity index (χ3n) is 3.42. The molecule has 1 aliphatic heterocycles. The molecule has 17 heavy (non-hydrogen) atoms. The molecule has 0 radical (unpaired) electrons. The lowest BCUT2D eigenvalue weighted by Gasteiger charge is -2.25. The van der Waals surface area contributed by atoms with Crippen LogP contribution in [-0.4, -0.2) is 43.5 Å². The summed E-state index contributed by atoms with van der Waals surface area (Å²) in [5.41, 5.74) is 0.293. The highest BCUT2D eigenvalue weighted by molar-refractivity contribution is 5.80. The monoisotopic (exact) mass is 247 g/mol. The molecule has 0 aliphatic carbocycles. The molecular formula is C12H23F2N3. The maximum atomic E-state index is 12.2. The van der Waals surface area contributed by atoms with Gasteiger partial charge in [-0.1, -0.05) is 13.8 Å². The van der Waals surface area contributed by atoms with Crippen LogP contribution in [0.2, 0.25) is 0 Å². The second-order valence-electron chi connectivity index (χ2n) is 4.92. The van der Waals surface area contributed by atoms with Crippen molar-refractivity contribution in [3.05, 3.63) is 0 Å². The first-order valence-electron chi connectivity index (χ1n) is 6.32. The van der Waals surface area contributed by atoms with E-state index in [4.69, 9.17) is 0 Å². The van der Waals surface area contributed by atoms with Gasteiger partial charge in [-0.15, -0.1) is 0 Å². The minimum atomic E-state index is -2.37. The lowest BCUT2D eigenvalue weighted by Crippen LogP contribution is -2.41. The zero-order valence-corrected chi connectivity index (χ0v) is 11.0. The van der Waals surface area contributed by atoms with E-state index >= 15 is 0 Å². The number of nitrogens with one attached hydrogen (secondary N) is 1. The van der Waals surface area contributed by atoms with E-state index in [1.54, 1.807) is 0 Å². The van der Waals surface area contributed by atoms with Crippen LogP contribution < -0.4 is 5.32 Å². The second kappa shape index (κ2) is 6.17. The van der Waals surface area contributed by atoms with Crippen molar-refractivity contribution in [1.29, 1.82) is 0 Å². The van der Waals surface area contributed by atoms with Gasteiger partial charge in [0.25, 0.3) is 6.43 Å². The van der Waals surface area contributed by atoms with E-state index < -0.39 is 13.0 Å². The number of rotatable bonds is 4. The summed E-state index contributed by atoms with van der Waals surface area (Å²) >= 11 is 0. The molecule has 1 aliphatic rings. The SMILES string of the molecule is CCNC(=NCC(F)F)N1CCC(C)(CC)C1. The highest BCUT2D eigenvalue weighted by Gasteiger charge is 2.33. The molecule has 0 bridgehead atoms. The van der Waals surface area contributed by atoms with Gasteiger partial charge in [-0.05, 0) is 25.2 Å². The molecule has 3 nitrogen and oxygen atoms in total. The lowest BCUT2D eigenvalue weighted by molar-refractivity contribution is 0.158. The van der Waals surface area contributed by atoms with Crippen molar-refractivity contribution >= 4 is 5.96 Å². The standard InChI is InChI=1S/C12H23F2N3/c1-4-12(3)6-7-17(9-12)11(15-5-2)16-8-10(13)14/h10H,4-9H2,1-3H3,(H,15,16). The molecule has 1 unspecified atom stereocenters. The summed E-state index contributed by atoms with van der Waals surface area (Å²) in [4.78, 5) is 6.07. The third-order valence-corrected chi connectivity index (χ3v) is 3.42. The highest BCUT2D eigenvalue weighted by atomic mass is 19.3. The Bertz CT molecular complexity index is 268. The minimum absolute atomic E-state index is 0.293. The van der Waals surface area contributed by atoms with Crippen LogP contribution >= 0.6 is 0 Å². The lowest BCUT2D eigenvalue weighted by atomic mass is 9.87. The number of guanidine groups is 1. The van der Waals surface area contributed by atoms with E-state index in [0.717, 1.165) is 25.9 Å². The number of likely N-dealkylation sites (tertiary alicyclic amines) is 1. The predicted octanol–water partition coefficient (Wildman–Crippen LogP) is 2.34. The normalized spacial score (nSPS) is 25.8. The maximum Gasteiger partial charge on any atom is 0.257 e. The fourth-order valence-electron chi connectivity index (χ4n) is 2.07. The van der Waals surface area contributed by atoms with Gasteiger partial charge in [0.1, 0.15) is 6.54 Å². The van der Waals surface area contributed by atoms with Crippen molar-refractivity contribution < 1.29 is 8.78 Å². The molecule has 0 spiro atoms. The Kier molecular flexibility index (Phi) is 5.15. The van der Waals surface area contributed by atoms with E-state index in [1.807, 2.05) is 6.92 Å². The number of hydrogen-bond donors (Lipinski definition) is 1. The number of hydrogen-bond acceptors (Lipinski definition) is 1. The molecule has 0 aromatic carbocycles. The van der Waals surface area contributed by atoms with Gasteiger partial charge in [0.05, 0.1) is 0 Å². The molecule has 0 aromatic heterocycles. The molecule has 5 heteroatoms. The van der Waals surface area contributed by atoms with Gasteiger partial charge in [-0.2, -0.15) is 0 Å². The molecule has 1 N–H and O–H groups in total. The van der Waals surface area contributed by atoms with Gasteiger partial charge >= 0.3 is 0 Å². The summed E-state index contributed by atoms with van der Waals surface area (Å²) in [5, 5.41) is 3.08. The smallest absolute Gasteiger partial charge is 0.257 e. The van der Waals surface area contributed by atoms with E-state index in [-0.39, 0.29) is 0 Å². The number of halogens is 2. The van der Waals surface area contributed by atoms with Gasteiger partial charge in [0, 0.05) is 19.6 Å². The molecular weight excluding hydrogens is 224 g/mol. The Morgan fingerprint density at radius 2 is 2.18 bits per heavy atom. The van der Waals surface area contributed by atoms with Crippen molar-refractivity contribution in [3.8, 4) is 0 Å². The van der Waals surface area contributed by atoms with Crippen LogP contribution in [0, 0.1) is 5.41 Å². The summed E-state index contributed by atoms with van der Waals surface area (Å²) in [7, 11) is 0. The van der Waals surface area contributed by atoms with Crippen LogP contribution in [0.15, 0.2) is 4.99 Å². The van der Waals surface area contributed by atoms with E-state index in [9.17, 15) is 8.78 Å². The van der Waals surface area contributed by atoms with E-state index in [0.29, 0.717) is 17.9 Å². The molecule has 1 saturated heterocycles. The second-order valence-corrected chi connectivity index (χ2v) is 4.92. The highest BCUT2D eigenvalue weighted by Crippen LogP contribution is 2.32.